The van der Waals surface area contributed by atoms with E-state index in [1.54, 1.807) is 39.9 Å². The second-order valence-corrected chi connectivity index (χ2v) is 8.51. The third-order valence-corrected chi connectivity index (χ3v) is 5.96. The van der Waals surface area contributed by atoms with Crippen molar-refractivity contribution in [3.63, 3.8) is 0 Å². The van der Waals surface area contributed by atoms with Crippen LogP contribution in [0.4, 0.5) is 0 Å². The van der Waals surface area contributed by atoms with Crippen LogP contribution in [0.2, 0.25) is 0 Å². The summed E-state index contributed by atoms with van der Waals surface area (Å²) in [5, 5.41) is 17.8. The van der Waals surface area contributed by atoms with Crippen molar-refractivity contribution in [2.75, 3.05) is 26.7 Å². The Balaban J connectivity index is 1.81. The van der Waals surface area contributed by atoms with Gasteiger partial charge in [-0.25, -0.2) is 4.68 Å². The van der Waals surface area contributed by atoms with E-state index < -0.39 is 0 Å². The lowest BCUT2D eigenvalue weighted by Gasteiger charge is -2.35. The highest BCUT2D eigenvalue weighted by atomic mass is 16.5. The number of aromatic nitrogens is 3. The standard InChI is InChI=1S/C23H33N5O4/c1-17-13-27(18(2)15-29)22(30)10-7-11-28-20(12-24-25-28)16-32-21(17)14-26(3)23(31)19-8-5-4-6-9-19/h4-6,8-9,12,17-18,21,29H,7,10-11,13-16H2,1-3H3/t17-,18-,21-/m0/s1. The smallest absolute Gasteiger partial charge is 0.253 e. The second kappa shape index (κ2) is 11.2. The number of hydrogen-bond donors (Lipinski definition) is 1. The van der Waals surface area contributed by atoms with E-state index in [1.807, 2.05) is 32.0 Å². The fourth-order valence-electron chi connectivity index (χ4n) is 3.90. The maximum Gasteiger partial charge on any atom is 0.253 e. The van der Waals surface area contributed by atoms with Gasteiger partial charge in [0.05, 0.1) is 37.3 Å². The molecule has 0 unspecified atom stereocenters. The van der Waals surface area contributed by atoms with Crippen LogP contribution in [-0.2, 0) is 22.7 Å². The Labute approximate surface area is 189 Å². The minimum atomic E-state index is -0.323. The lowest BCUT2D eigenvalue weighted by Crippen LogP contribution is -2.47. The highest BCUT2D eigenvalue weighted by molar-refractivity contribution is 5.94. The predicted octanol–water partition coefficient (Wildman–Crippen LogP) is 1.57. The van der Waals surface area contributed by atoms with Crippen molar-refractivity contribution >= 4 is 11.8 Å². The van der Waals surface area contributed by atoms with Gasteiger partial charge in [-0.3, -0.25) is 9.59 Å². The van der Waals surface area contributed by atoms with Crippen LogP contribution in [0, 0.1) is 5.92 Å². The maximum absolute atomic E-state index is 12.9. The van der Waals surface area contributed by atoms with Crippen LogP contribution in [0.5, 0.6) is 0 Å². The predicted molar refractivity (Wildman–Crippen MR) is 119 cm³/mol. The zero-order valence-corrected chi connectivity index (χ0v) is 19.1. The van der Waals surface area contributed by atoms with E-state index in [2.05, 4.69) is 10.3 Å². The number of ether oxygens (including phenoxy) is 1. The molecule has 3 rings (SSSR count). The summed E-state index contributed by atoms with van der Waals surface area (Å²) in [6.07, 6.45) is 2.36. The van der Waals surface area contributed by atoms with Crippen molar-refractivity contribution in [1.82, 2.24) is 24.8 Å². The van der Waals surface area contributed by atoms with Crippen molar-refractivity contribution in [3.8, 4) is 0 Å². The fourth-order valence-corrected chi connectivity index (χ4v) is 3.90. The van der Waals surface area contributed by atoms with Crippen LogP contribution in [0.1, 0.15) is 42.7 Å². The summed E-state index contributed by atoms with van der Waals surface area (Å²) in [5.41, 5.74) is 1.46. The van der Waals surface area contributed by atoms with Gasteiger partial charge < -0.3 is 19.6 Å². The maximum atomic E-state index is 12.9. The normalized spacial score (nSPS) is 21.2. The quantitative estimate of drug-likeness (QED) is 0.753. The SMILES string of the molecule is C[C@H]1CN([C@@H](C)CO)C(=O)CCCn2nncc2CO[C@H]1CN(C)C(=O)c1ccccc1. The molecule has 3 atom stereocenters. The van der Waals surface area contributed by atoms with Gasteiger partial charge in [0, 0.05) is 44.6 Å². The Morgan fingerprint density at radius 3 is 2.81 bits per heavy atom. The van der Waals surface area contributed by atoms with E-state index in [0.29, 0.717) is 44.6 Å². The molecule has 0 fully saturated rings. The summed E-state index contributed by atoms with van der Waals surface area (Å²) < 4.78 is 8.03. The molecule has 0 aliphatic carbocycles. The monoisotopic (exact) mass is 443 g/mol. The van der Waals surface area contributed by atoms with Gasteiger partial charge in [-0.15, -0.1) is 5.10 Å². The summed E-state index contributed by atoms with van der Waals surface area (Å²) >= 11 is 0. The number of hydrogen-bond acceptors (Lipinski definition) is 6. The molecular formula is C23H33N5O4. The molecule has 1 aliphatic rings. The number of aryl methyl sites for hydroxylation is 1. The summed E-state index contributed by atoms with van der Waals surface area (Å²) in [6.45, 7) is 5.44. The summed E-state index contributed by atoms with van der Waals surface area (Å²) in [5.74, 6) is -0.160. The number of fused-ring (bicyclic) bond motifs is 1. The Bertz CT molecular complexity index is 888. The molecule has 0 spiro atoms. The number of carbonyl (C=O) groups is 2. The Morgan fingerprint density at radius 1 is 1.34 bits per heavy atom. The summed E-state index contributed by atoms with van der Waals surface area (Å²) in [6, 6.07) is 8.84. The molecule has 2 aromatic rings. The molecule has 0 bridgehead atoms. The number of rotatable bonds is 5. The van der Waals surface area contributed by atoms with Gasteiger partial charge in [0.2, 0.25) is 5.91 Å². The number of nitrogens with zero attached hydrogens (tertiary/aromatic N) is 5. The number of aliphatic hydroxyl groups excluding tert-OH is 1. The van der Waals surface area contributed by atoms with Gasteiger partial charge in [0.15, 0.2) is 0 Å². The Kier molecular flexibility index (Phi) is 8.35. The Morgan fingerprint density at radius 2 is 2.09 bits per heavy atom. The molecule has 1 aliphatic heterocycles. The van der Waals surface area contributed by atoms with Crippen LogP contribution in [0.15, 0.2) is 36.5 Å². The molecule has 1 aromatic heterocycles. The summed E-state index contributed by atoms with van der Waals surface area (Å²) in [7, 11) is 1.76. The molecule has 2 amide bonds. The van der Waals surface area contributed by atoms with Crippen LogP contribution >= 0.6 is 0 Å². The molecule has 0 radical (unpaired) electrons. The third-order valence-electron chi connectivity index (χ3n) is 5.96. The fraction of sp³-hybridized carbons (Fsp3) is 0.565. The molecule has 1 N–H and O–H groups in total. The van der Waals surface area contributed by atoms with Gasteiger partial charge >= 0.3 is 0 Å². The summed E-state index contributed by atoms with van der Waals surface area (Å²) in [4.78, 5) is 29.2. The zero-order valence-electron chi connectivity index (χ0n) is 19.1. The lowest BCUT2D eigenvalue weighted by atomic mass is 10.0. The van der Waals surface area contributed by atoms with Gasteiger partial charge in [0.25, 0.3) is 5.91 Å². The second-order valence-electron chi connectivity index (χ2n) is 8.51. The zero-order chi connectivity index (χ0) is 23.1. The van der Waals surface area contributed by atoms with Crippen LogP contribution < -0.4 is 0 Å². The molecule has 9 heteroatoms. The van der Waals surface area contributed by atoms with Crippen molar-refractivity contribution in [2.24, 2.45) is 5.92 Å². The van der Waals surface area contributed by atoms with Crippen LogP contribution in [0.3, 0.4) is 0 Å². The highest BCUT2D eigenvalue weighted by Crippen LogP contribution is 2.19. The number of amides is 2. The average Bonchev–Trinajstić information content (AvgIpc) is 3.25. The van der Waals surface area contributed by atoms with Crippen molar-refractivity contribution in [2.45, 2.75) is 52.0 Å². The molecular weight excluding hydrogens is 410 g/mol. The van der Waals surface area contributed by atoms with Crippen LogP contribution in [0.25, 0.3) is 0 Å². The first-order chi connectivity index (χ1) is 15.4. The van der Waals surface area contributed by atoms with Crippen molar-refractivity contribution < 1.29 is 19.4 Å². The van der Waals surface area contributed by atoms with E-state index in [-0.39, 0.29) is 36.5 Å². The number of carbonyl (C=O) groups excluding carboxylic acids is 2. The van der Waals surface area contributed by atoms with Gasteiger partial charge in [-0.1, -0.05) is 30.3 Å². The molecule has 0 saturated heterocycles. The third kappa shape index (κ3) is 5.92. The van der Waals surface area contributed by atoms with Crippen LogP contribution in [-0.4, -0.2) is 80.6 Å². The number of benzene rings is 1. The van der Waals surface area contributed by atoms with Gasteiger partial charge in [0.1, 0.15) is 0 Å². The average molecular weight is 444 g/mol. The molecule has 9 nitrogen and oxygen atoms in total. The van der Waals surface area contributed by atoms with Gasteiger partial charge in [-0.05, 0) is 25.5 Å². The topological polar surface area (TPSA) is 101 Å². The lowest BCUT2D eigenvalue weighted by molar-refractivity contribution is -0.136. The first-order valence-corrected chi connectivity index (χ1v) is 11.1. The van der Waals surface area contributed by atoms with E-state index >= 15 is 0 Å². The molecule has 32 heavy (non-hydrogen) atoms. The van der Waals surface area contributed by atoms with Crippen molar-refractivity contribution in [1.29, 1.82) is 0 Å². The van der Waals surface area contributed by atoms with E-state index in [0.717, 1.165) is 5.69 Å². The first kappa shape index (κ1) is 23.9. The molecule has 1 aromatic carbocycles. The van der Waals surface area contributed by atoms with E-state index in [4.69, 9.17) is 4.74 Å². The number of aliphatic hydroxyl groups is 1. The minimum absolute atomic E-state index is 0.00638. The largest absolute Gasteiger partial charge is 0.394 e. The minimum Gasteiger partial charge on any atom is -0.394 e. The molecule has 0 saturated carbocycles. The van der Waals surface area contributed by atoms with Crippen molar-refractivity contribution in [3.05, 3.63) is 47.8 Å². The van der Waals surface area contributed by atoms with E-state index in [9.17, 15) is 14.7 Å². The molecule has 2 heterocycles. The number of likely N-dealkylation sites (N-methyl/N-ethyl adjacent to an activating group) is 1. The highest BCUT2D eigenvalue weighted by Gasteiger charge is 2.29. The van der Waals surface area contributed by atoms with Gasteiger partial charge in [-0.2, -0.15) is 0 Å². The molecule has 174 valence electrons. The Hall–Kier alpha value is -2.78. The van der Waals surface area contributed by atoms with E-state index in [1.165, 1.54) is 0 Å². The first-order valence-electron chi connectivity index (χ1n) is 11.1.